The van der Waals surface area contributed by atoms with Crippen LogP contribution in [0.1, 0.15) is 16.8 Å². The van der Waals surface area contributed by atoms with E-state index in [-0.39, 0.29) is 12.5 Å². The molecule has 0 aliphatic heterocycles. The van der Waals surface area contributed by atoms with Gasteiger partial charge >= 0.3 is 5.97 Å². The molecule has 2 amide bonds. The van der Waals surface area contributed by atoms with Crippen LogP contribution in [0.25, 0.3) is 0 Å². The summed E-state index contributed by atoms with van der Waals surface area (Å²) in [6.07, 6.45) is 2.38. The molecule has 8 heteroatoms. The Morgan fingerprint density at radius 2 is 1.83 bits per heavy atom. The molecule has 0 aromatic heterocycles. The molecule has 154 valence electrons. The van der Waals surface area contributed by atoms with E-state index >= 15 is 0 Å². The van der Waals surface area contributed by atoms with Gasteiger partial charge in [0, 0.05) is 5.69 Å². The molecule has 2 aromatic carbocycles. The highest BCUT2D eigenvalue weighted by Gasteiger charge is 2.21. The minimum Gasteiger partial charge on any atom is -0.484 e. The van der Waals surface area contributed by atoms with E-state index < -0.39 is 17.9 Å². The fraction of sp³-hybridized carbons (Fsp3) is 0.286. The fourth-order valence-corrected chi connectivity index (χ4v) is 2.95. The zero-order chi connectivity index (χ0) is 21.1. The van der Waals surface area contributed by atoms with Crippen LogP contribution in [-0.2, 0) is 14.3 Å². The molecule has 0 spiro atoms. The van der Waals surface area contributed by atoms with Gasteiger partial charge in [-0.25, -0.2) is 4.79 Å². The lowest BCUT2D eigenvalue weighted by Gasteiger charge is -2.18. The van der Waals surface area contributed by atoms with Crippen LogP contribution in [0.4, 0.5) is 5.69 Å². The molecule has 7 nitrogen and oxygen atoms in total. The number of carbonyl (C=O) groups is 3. The highest BCUT2D eigenvalue weighted by atomic mass is 32.2. The summed E-state index contributed by atoms with van der Waals surface area (Å²) >= 11 is 1.58. The van der Waals surface area contributed by atoms with E-state index in [0.717, 1.165) is 0 Å². The van der Waals surface area contributed by atoms with Gasteiger partial charge in [0.05, 0.1) is 12.7 Å². The maximum atomic E-state index is 12.7. The van der Waals surface area contributed by atoms with Gasteiger partial charge in [-0.05, 0) is 48.8 Å². The first-order valence-electron chi connectivity index (χ1n) is 8.99. The third kappa shape index (κ3) is 7.50. The smallest absolute Gasteiger partial charge is 0.337 e. The summed E-state index contributed by atoms with van der Waals surface area (Å²) in [7, 11) is 1.29. The normalized spacial score (nSPS) is 11.2. The molecule has 0 saturated heterocycles. The maximum absolute atomic E-state index is 12.7. The van der Waals surface area contributed by atoms with Crippen LogP contribution in [0, 0.1) is 0 Å². The number of thioether (sulfide) groups is 1. The van der Waals surface area contributed by atoms with Crippen molar-refractivity contribution in [1.29, 1.82) is 0 Å². The van der Waals surface area contributed by atoms with Crippen molar-refractivity contribution in [2.45, 2.75) is 12.5 Å². The van der Waals surface area contributed by atoms with Crippen molar-refractivity contribution in [3.63, 3.8) is 0 Å². The predicted molar refractivity (Wildman–Crippen MR) is 113 cm³/mol. The van der Waals surface area contributed by atoms with Crippen molar-refractivity contribution in [1.82, 2.24) is 5.32 Å². The van der Waals surface area contributed by atoms with E-state index in [1.54, 1.807) is 42.1 Å². The average Bonchev–Trinajstić information content (AvgIpc) is 2.75. The first-order chi connectivity index (χ1) is 14.0. The van der Waals surface area contributed by atoms with Gasteiger partial charge < -0.3 is 20.1 Å². The van der Waals surface area contributed by atoms with E-state index in [9.17, 15) is 14.4 Å². The second-order valence-corrected chi connectivity index (χ2v) is 7.05. The van der Waals surface area contributed by atoms with Crippen molar-refractivity contribution < 1.29 is 23.9 Å². The summed E-state index contributed by atoms with van der Waals surface area (Å²) in [5.74, 6) is 0.0199. The van der Waals surface area contributed by atoms with Crippen molar-refractivity contribution >= 4 is 35.2 Å². The quantitative estimate of drug-likeness (QED) is 0.579. The van der Waals surface area contributed by atoms with Gasteiger partial charge in [0.15, 0.2) is 6.61 Å². The van der Waals surface area contributed by atoms with E-state index in [0.29, 0.717) is 29.2 Å². The van der Waals surface area contributed by atoms with Gasteiger partial charge in [0.2, 0.25) is 5.91 Å². The van der Waals surface area contributed by atoms with Crippen LogP contribution >= 0.6 is 11.8 Å². The zero-order valence-corrected chi connectivity index (χ0v) is 17.2. The highest BCUT2D eigenvalue weighted by molar-refractivity contribution is 7.98. The molecule has 0 fully saturated rings. The fourth-order valence-electron chi connectivity index (χ4n) is 2.48. The number of para-hydroxylation sites is 1. The second-order valence-electron chi connectivity index (χ2n) is 6.06. The highest BCUT2D eigenvalue weighted by Crippen LogP contribution is 2.13. The van der Waals surface area contributed by atoms with Gasteiger partial charge in [-0.3, -0.25) is 9.59 Å². The summed E-state index contributed by atoms with van der Waals surface area (Å²) < 4.78 is 10.1. The summed E-state index contributed by atoms with van der Waals surface area (Å²) in [5, 5.41) is 5.45. The predicted octanol–water partition coefficient (Wildman–Crippen LogP) is 2.73. The molecule has 1 atom stereocenters. The molecule has 2 rings (SSSR count). The number of ether oxygens (including phenoxy) is 2. The number of rotatable bonds is 10. The number of carbonyl (C=O) groups excluding carboxylic acids is 3. The van der Waals surface area contributed by atoms with Crippen LogP contribution in [0.5, 0.6) is 5.75 Å². The lowest BCUT2D eigenvalue weighted by molar-refractivity contribution is -0.127. The van der Waals surface area contributed by atoms with Gasteiger partial charge in [-0.1, -0.05) is 24.3 Å². The average molecular weight is 416 g/mol. The Balaban J connectivity index is 1.98. The van der Waals surface area contributed by atoms with Gasteiger partial charge in [0.25, 0.3) is 5.91 Å². The van der Waals surface area contributed by atoms with Crippen molar-refractivity contribution in [3.8, 4) is 5.75 Å². The second kappa shape index (κ2) is 11.8. The van der Waals surface area contributed by atoms with E-state index in [1.165, 1.54) is 13.2 Å². The lowest BCUT2D eigenvalue weighted by atomic mass is 10.1. The topological polar surface area (TPSA) is 93.7 Å². The van der Waals surface area contributed by atoms with E-state index in [4.69, 9.17) is 4.74 Å². The van der Waals surface area contributed by atoms with Crippen LogP contribution in [-0.4, -0.2) is 49.6 Å². The van der Waals surface area contributed by atoms with Crippen LogP contribution in [0.3, 0.4) is 0 Å². The van der Waals surface area contributed by atoms with Gasteiger partial charge in [0.1, 0.15) is 11.8 Å². The zero-order valence-electron chi connectivity index (χ0n) is 16.3. The van der Waals surface area contributed by atoms with Crippen LogP contribution in [0.15, 0.2) is 54.6 Å². The molecule has 2 aromatic rings. The van der Waals surface area contributed by atoms with Crippen molar-refractivity contribution in [3.05, 3.63) is 60.2 Å². The first kappa shape index (κ1) is 22.3. The van der Waals surface area contributed by atoms with Gasteiger partial charge in [-0.15, -0.1) is 0 Å². The van der Waals surface area contributed by atoms with Crippen molar-refractivity contribution in [2.24, 2.45) is 0 Å². The Hall–Kier alpha value is -3.00. The third-order valence-electron chi connectivity index (χ3n) is 3.93. The standard InChI is InChI=1S/C21H24N2O5S/c1-27-21(26)15-7-6-8-16(13-15)22-20(25)18(11-12-29-2)23-19(24)14-28-17-9-4-3-5-10-17/h3-10,13,18H,11-12,14H2,1-2H3,(H,22,25)(H,23,24). The third-order valence-corrected chi connectivity index (χ3v) is 4.57. The van der Waals surface area contributed by atoms with Crippen LogP contribution in [0.2, 0.25) is 0 Å². The number of benzene rings is 2. The van der Waals surface area contributed by atoms with E-state index in [2.05, 4.69) is 15.4 Å². The number of hydrogen-bond donors (Lipinski definition) is 2. The van der Waals surface area contributed by atoms with Crippen LogP contribution < -0.4 is 15.4 Å². The minimum absolute atomic E-state index is 0.190. The molecule has 0 saturated carbocycles. The number of nitrogens with one attached hydrogen (secondary N) is 2. The van der Waals surface area contributed by atoms with E-state index in [1.807, 2.05) is 24.5 Å². The molecule has 2 N–H and O–H groups in total. The summed E-state index contributed by atoms with van der Waals surface area (Å²) in [4.78, 5) is 36.6. The molecular formula is C21H24N2O5S. The summed E-state index contributed by atoms with van der Waals surface area (Å²) in [6.45, 7) is -0.190. The molecule has 0 aliphatic rings. The summed E-state index contributed by atoms with van der Waals surface area (Å²) in [6, 6.07) is 14.7. The Kier molecular flexibility index (Phi) is 9.04. The SMILES string of the molecule is COC(=O)c1cccc(NC(=O)C(CCSC)NC(=O)COc2ccccc2)c1. The Morgan fingerprint density at radius 1 is 1.07 bits per heavy atom. The molecular weight excluding hydrogens is 392 g/mol. The number of methoxy groups -OCH3 is 1. The lowest BCUT2D eigenvalue weighted by Crippen LogP contribution is -2.45. The Labute approximate surface area is 174 Å². The molecule has 0 aliphatic carbocycles. The minimum atomic E-state index is -0.726. The molecule has 29 heavy (non-hydrogen) atoms. The van der Waals surface area contributed by atoms with Gasteiger partial charge in [-0.2, -0.15) is 11.8 Å². The largest absolute Gasteiger partial charge is 0.484 e. The number of hydrogen-bond acceptors (Lipinski definition) is 6. The molecule has 0 radical (unpaired) electrons. The Morgan fingerprint density at radius 3 is 2.52 bits per heavy atom. The maximum Gasteiger partial charge on any atom is 0.337 e. The number of anilines is 1. The summed E-state index contributed by atoms with van der Waals surface area (Å²) in [5.41, 5.74) is 0.771. The van der Waals surface area contributed by atoms with Crippen molar-refractivity contribution in [2.75, 3.05) is 31.0 Å². The molecule has 0 heterocycles. The first-order valence-corrected chi connectivity index (χ1v) is 10.4. The number of amides is 2. The molecule has 1 unspecified atom stereocenters. The Bertz CT molecular complexity index is 829. The monoisotopic (exact) mass is 416 g/mol. The number of esters is 1. The molecule has 0 bridgehead atoms.